The first-order valence-corrected chi connectivity index (χ1v) is 8.25. The van der Waals surface area contributed by atoms with Crippen LogP contribution in [0.4, 0.5) is 0 Å². The highest BCUT2D eigenvalue weighted by molar-refractivity contribution is 5.31. The van der Waals surface area contributed by atoms with Crippen molar-refractivity contribution in [1.82, 2.24) is 0 Å². The maximum atomic E-state index is 5.80. The summed E-state index contributed by atoms with van der Waals surface area (Å²) in [6, 6.07) is 8.42. The molecular weight excluding hydrogens is 272 g/mol. The van der Waals surface area contributed by atoms with Gasteiger partial charge in [-0.25, -0.2) is 0 Å². The van der Waals surface area contributed by atoms with Crippen LogP contribution in [0.5, 0.6) is 5.75 Å². The van der Waals surface area contributed by atoms with Gasteiger partial charge in [-0.15, -0.1) is 0 Å². The summed E-state index contributed by atoms with van der Waals surface area (Å²) in [6.07, 6.45) is 4.80. The Morgan fingerprint density at radius 1 is 1.23 bits per heavy atom. The number of epoxide rings is 1. The monoisotopic (exact) mass is 302 g/mol. The summed E-state index contributed by atoms with van der Waals surface area (Å²) in [4.78, 5) is 0. The minimum absolute atomic E-state index is 0.103. The highest BCUT2D eigenvalue weighted by Gasteiger charge is 2.46. The Hall–Kier alpha value is -1.28. The molecule has 0 aliphatic carbocycles. The molecule has 22 heavy (non-hydrogen) atoms. The first-order valence-electron chi connectivity index (χ1n) is 8.25. The minimum Gasteiger partial charge on any atom is -0.490 e. The largest absolute Gasteiger partial charge is 0.490 e. The van der Waals surface area contributed by atoms with E-state index in [9.17, 15) is 0 Å². The standard InChI is InChI=1S/C20H30O2/c1-15(7-12-18-20(5,6)22-18)13-14-21-17-10-8-16(9-11-17)19(2,3)4/h8-11,13,18H,7,12,14H2,1-6H3/b15-13+. The molecule has 1 aliphatic rings. The first-order chi connectivity index (χ1) is 10.2. The van der Waals surface area contributed by atoms with Gasteiger partial charge in [0.1, 0.15) is 12.4 Å². The van der Waals surface area contributed by atoms with Gasteiger partial charge in [-0.05, 0) is 62.8 Å². The molecule has 2 nitrogen and oxygen atoms in total. The zero-order valence-electron chi connectivity index (χ0n) is 14.9. The van der Waals surface area contributed by atoms with E-state index in [4.69, 9.17) is 9.47 Å². The van der Waals surface area contributed by atoms with Crippen molar-refractivity contribution >= 4 is 0 Å². The van der Waals surface area contributed by atoms with Gasteiger partial charge >= 0.3 is 0 Å². The Labute approximate surface area is 135 Å². The highest BCUT2D eigenvalue weighted by atomic mass is 16.6. The van der Waals surface area contributed by atoms with Crippen molar-refractivity contribution in [3.63, 3.8) is 0 Å². The molecule has 0 radical (unpaired) electrons. The van der Waals surface area contributed by atoms with Crippen LogP contribution in [0.3, 0.4) is 0 Å². The average Bonchev–Trinajstić information content (AvgIpc) is 3.04. The van der Waals surface area contributed by atoms with Gasteiger partial charge in [0.2, 0.25) is 0 Å². The lowest BCUT2D eigenvalue weighted by Gasteiger charge is -2.19. The van der Waals surface area contributed by atoms with Crippen molar-refractivity contribution in [3.05, 3.63) is 41.5 Å². The van der Waals surface area contributed by atoms with Crippen molar-refractivity contribution in [1.29, 1.82) is 0 Å². The zero-order chi connectivity index (χ0) is 16.4. The van der Waals surface area contributed by atoms with E-state index < -0.39 is 0 Å². The molecule has 2 rings (SSSR count). The number of hydrogen-bond donors (Lipinski definition) is 0. The summed E-state index contributed by atoms with van der Waals surface area (Å²) in [5, 5.41) is 0. The zero-order valence-corrected chi connectivity index (χ0v) is 14.9. The van der Waals surface area contributed by atoms with Gasteiger partial charge in [0.05, 0.1) is 11.7 Å². The van der Waals surface area contributed by atoms with Crippen LogP contribution in [-0.4, -0.2) is 18.3 Å². The lowest BCUT2D eigenvalue weighted by Crippen LogP contribution is -2.10. The fourth-order valence-electron chi connectivity index (χ4n) is 2.53. The van der Waals surface area contributed by atoms with Crippen LogP contribution >= 0.6 is 0 Å². The Balaban J connectivity index is 1.74. The third kappa shape index (κ3) is 4.88. The normalized spacial score (nSPS) is 20.8. The van der Waals surface area contributed by atoms with Crippen LogP contribution in [0.1, 0.15) is 59.9 Å². The van der Waals surface area contributed by atoms with Gasteiger partial charge in [0.25, 0.3) is 0 Å². The smallest absolute Gasteiger partial charge is 0.119 e. The topological polar surface area (TPSA) is 21.8 Å². The van der Waals surface area contributed by atoms with Gasteiger partial charge in [-0.1, -0.05) is 38.5 Å². The molecule has 1 unspecified atom stereocenters. The Morgan fingerprint density at radius 3 is 2.32 bits per heavy atom. The molecule has 1 aromatic rings. The highest BCUT2D eigenvalue weighted by Crippen LogP contribution is 2.38. The second kappa shape index (κ2) is 6.45. The summed E-state index contributed by atoms with van der Waals surface area (Å²) in [7, 11) is 0. The van der Waals surface area contributed by atoms with Crippen LogP contribution in [0, 0.1) is 0 Å². The van der Waals surface area contributed by atoms with Crippen LogP contribution in [-0.2, 0) is 10.2 Å². The van der Waals surface area contributed by atoms with Gasteiger partial charge in [0.15, 0.2) is 0 Å². The maximum Gasteiger partial charge on any atom is 0.119 e. The van der Waals surface area contributed by atoms with Crippen molar-refractivity contribution in [3.8, 4) is 5.75 Å². The molecule has 1 heterocycles. The molecule has 1 atom stereocenters. The Bertz CT molecular complexity index is 518. The van der Waals surface area contributed by atoms with Gasteiger partial charge in [-0.2, -0.15) is 0 Å². The number of allylic oxidation sites excluding steroid dienone is 1. The molecule has 0 saturated carbocycles. The molecule has 0 bridgehead atoms. The lowest BCUT2D eigenvalue weighted by molar-refractivity contribution is 0.320. The first kappa shape index (κ1) is 17.1. The fourth-order valence-corrected chi connectivity index (χ4v) is 2.53. The van der Waals surface area contributed by atoms with E-state index in [-0.39, 0.29) is 11.0 Å². The predicted octanol–water partition coefficient (Wildman–Crippen LogP) is 5.27. The van der Waals surface area contributed by atoms with Crippen molar-refractivity contribution < 1.29 is 9.47 Å². The number of hydrogen-bond acceptors (Lipinski definition) is 2. The summed E-state index contributed by atoms with van der Waals surface area (Å²) < 4.78 is 11.4. The second-order valence-corrected chi connectivity index (χ2v) is 7.88. The number of benzene rings is 1. The SMILES string of the molecule is C/C(=C\COc1ccc(C(C)(C)C)cc1)CCC1OC1(C)C. The third-order valence-corrected chi connectivity index (χ3v) is 4.37. The number of rotatable bonds is 6. The van der Waals surface area contributed by atoms with E-state index in [1.807, 2.05) is 0 Å². The molecule has 0 amide bonds. The quantitative estimate of drug-likeness (QED) is 0.527. The minimum atomic E-state index is 0.103. The van der Waals surface area contributed by atoms with Crippen molar-refractivity contribution in [2.45, 2.75) is 71.5 Å². The van der Waals surface area contributed by atoms with E-state index in [0.29, 0.717) is 12.7 Å². The molecule has 122 valence electrons. The van der Waals surface area contributed by atoms with Gasteiger partial charge < -0.3 is 9.47 Å². The van der Waals surface area contributed by atoms with E-state index in [0.717, 1.165) is 18.6 Å². The van der Waals surface area contributed by atoms with Gasteiger partial charge in [0, 0.05) is 0 Å². The van der Waals surface area contributed by atoms with Crippen molar-refractivity contribution in [2.24, 2.45) is 0 Å². The molecule has 1 aromatic carbocycles. The summed E-state index contributed by atoms with van der Waals surface area (Å²) in [5.41, 5.74) is 3.00. The van der Waals surface area contributed by atoms with E-state index in [1.165, 1.54) is 11.1 Å². The molecule has 1 aliphatic heterocycles. The maximum absolute atomic E-state index is 5.80. The molecule has 0 N–H and O–H groups in total. The van der Waals surface area contributed by atoms with E-state index in [1.54, 1.807) is 0 Å². The van der Waals surface area contributed by atoms with Crippen LogP contribution in [0.25, 0.3) is 0 Å². The lowest BCUT2D eigenvalue weighted by atomic mass is 9.87. The average molecular weight is 302 g/mol. The molecular formula is C20H30O2. The second-order valence-electron chi connectivity index (χ2n) is 7.88. The molecule has 0 spiro atoms. The van der Waals surface area contributed by atoms with Crippen molar-refractivity contribution in [2.75, 3.05) is 6.61 Å². The van der Waals surface area contributed by atoms with E-state index >= 15 is 0 Å². The van der Waals surface area contributed by atoms with E-state index in [2.05, 4.69) is 71.9 Å². The Kier molecular flexibility index (Phi) is 5.01. The molecule has 0 aromatic heterocycles. The predicted molar refractivity (Wildman–Crippen MR) is 92.6 cm³/mol. The van der Waals surface area contributed by atoms with Crippen LogP contribution in [0.15, 0.2) is 35.9 Å². The summed E-state index contributed by atoms with van der Waals surface area (Å²) >= 11 is 0. The Morgan fingerprint density at radius 2 is 1.82 bits per heavy atom. The molecule has 2 heteroatoms. The summed E-state index contributed by atoms with van der Waals surface area (Å²) in [5.74, 6) is 0.934. The number of ether oxygens (including phenoxy) is 2. The van der Waals surface area contributed by atoms with Crippen LogP contribution in [0.2, 0.25) is 0 Å². The molecule has 1 fully saturated rings. The third-order valence-electron chi connectivity index (χ3n) is 4.37. The summed E-state index contributed by atoms with van der Waals surface area (Å²) in [6.45, 7) is 13.8. The van der Waals surface area contributed by atoms with Crippen LogP contribution < -0.4 is 4.74 Å². The fraction of sp³-hybridized carbons (Fsp3) is 0.600. The molecule has 1 saturated heterocycles. The van der Waals surface area contributed by atoms with Gasteiger partial charge in [-0.3, -0.25) is 0 Å².